The number of fused-ring (bicyclic) bond motifs is 1. The zero-order valence-corrected chi connectivity index (χ0v) is 22.4. The van der Waals surface area contributed by atoms with Crippen LogP contribution in [0.3, 0.4) is 0 Å². The van der Waals surface area contributed by atoms with Gasteiger partial charge in [0.05, 0.1) is 19.3 Å². The average Bonchev–Trinajstić information content (AvgIpc) is 3.20. The standard InChI is InChI=1S/C23H33BrO7Si/c1-22(2,3)32(6,7)31-20-11-18(28-13-26-4)16(24)12-23(20,21(25)27-5)15-8-9-17-19(10-15)30-14-29-17/h8-10,12,18,20H,11,13-14H2,1-7H3/t18-,20-,23+/m1/s1. The lowest BCUT2D eigenvalue weighted by atomic mass is 9.70. The summed E-state index contributed by atoms with van der Waals surface area (Å²) in [5, 5.41) is -0.0506. The van der Waals surface area contributed by atoms with Crippen LogP contribution in [0.15, 0.2) is 28.8 Å². The highest BCUT2D eigenvalue weighted by atomic mass is 79.9. The zero-order valence-electron chi connectivity index (χ0n) is 19.8. The second kappa shape index (κ2) is 9.46. The van der Waals surface area contributed by atoms with Gasteiger partial charge in [-0.05, 0) is 41.9 Å². The van der Waals surface area contributed by atoms with Crippen molar-refractivity contribution in [1.29, 1.82) is 0 Å². The summed E-state index contributed by atoms with van der Waals surface area (Å²) in [4.78, 5) is 13.5. The molecule has 0 fully saturated rings. The molecule has 0 amide bonds. The molecule has 0 bridgehead atoms. The largest absolute Gasteiger partial charge is 0.468 e. The van der Waals surface area contributed by atoms with Crippen LogP contribution in [-0.2, 0) is 28.8 Å². The maximum atomic E-state index is 13.5. The van der Waals surface area contributed by atoms with E-state index in [0.717, 1.165) is 10.0 Å². The number of carbonyl (C=O) groups excluding carboxylic acids is 1. The maximum Gasteiger partial charge on any atom is 0.322 e. The summed E-state index contributed by atoms with van der Waals surface area (Å²) in [6.07, 6.45) is 1.49. The topological polar surface area (TPSA) is 72.5 Å². The Hall–Kier alpha value is -1.39. The molecular formula is C23H33BrO7Si. The van der Waals surface area contributed by atoms with Crippen molar-refractivity contribution in [3.8, 4) is 11.5 Å². The molecule has 0 spiro atoms. The first-order chi connectivity index (χ1) is 15.0. The van der Waals surface area contributed by atoms with Gasteiger partial charge in [0.25, 0.3) is 0 Å². The third-order valence-electron chi connectivity index (χ3n) is 6.61. The minimum atomic E-state index is -2.27. The Labute approximate surface area is 199 Å². The average molecular weight is 530 g/mol. The molecule has 0 radical (unpaired) electrons. The van der Waals surface area contributed by atoms with Crippen LogP contribution in [0.1, 0.15) is 32.8 Å². The summed E-state index contributed by atoms with van der Waals surface area (Å²) in [5.41, 5.74) is -0.462. The summed E-state index contributed by atoms with van der Waals surface area (Å²) in [7, 11) is 0.706. The van der Waals surface area contributed by atoms with Crippen LogP contribution in [0.4, 0.5) is 0 Å². The van der Waals surface area contributed by atoms with E-state index in [4.69, 9.17) is 28.1 Å². The van der Waals surface area contributed by atoms with Gasteiger partial charge >= 0.3 is 5.97 Å². The molecule has 2 aliphatic rings. The van der Waals surface area contributed by atoms with Crippen molar-refractivity contribution in [1.82, 2.24) is 0 Å². The SMILES string of the molecule is COCO[C@@H]1C[C@@H](O[Si](C)(C)C(C)(C)C)[C@@](C(=O)OC)(c2ccc3c(c2)OCO3)C=C1Br. The molecule has 32 heavy (non-hydrogen) atoms. The molecule has 7 nitrogen and oxygen atoms in total. The monoisotopic (exact) mass is 528 g/mol. The summed E-state index contributed by atoms with van der Waals surface area (Å²) in [6, 6.07) is 5.54. The third-order valence-corrected chi connectivity index (χ3v) is 11.8. The molecule has 0 saturated heterocycles. The number of halogens is 1. The molecule has 3 rings (SSSR count). The summed E-state index contributed by atoms with van der Waals surface area (Å²) in [5.74, 6) is 0.845. The number of hydrogen-bond donors (Lipinski definition) is 0. The van der Waals surface area contributed by atoms with Gasteiger partial charge in [-0.1, -0.05) is 42.8 Å². The van der Waals surface area contributed by atoms with Crippen molar-refractivity contribution in [2.45, 2.75) is 62.9 Å². The zero-order chi connectivity index (χ0) is 23.7. The predicted molar refractivity (Wildman–Crippen MR) is 127 cm³/mol. The molecular weight excluding hydrogens is 496 g/mol. The van der Waals surface area contributed by atoms with Gasteiger partial charge in [-0.3, -0.25) is 4.79 Å². The van der Waals surface area contributed by atoms with E-state index in [1.54, 1.807) is 7.11 Å². The number of carbonyl (C=O) groups is 1. The lowest BCUT2D eigenvalue weighted by Crippen LogP contribution is -2.56. The first kappa shape index (κ1) is 25.2. The summed E-state index contributed by atoms with van der Waals surface area (Å²) in [6.45, 7) is 11.2. The van der Waals surface area contributed by atoms with Crippen LogP contribution < -0.4 is 9.47 Å². The number of esters is 1. The molecule has 1 aliphatic heterocycles. The number of hydrogen-bond acceptors (Lipinski definition) is 7. The lowest BCUT2D eigenvalue weighted by Gasteiger charge is -2.47. The Balaban J connectivity index is 2.17. The number of rotatable bonds is 7. The third kappa shape index (κ3) is 4.63. The van der Waals surface area contributed by atoms with Gasteiger partial charge in [0.1, 0.15) is 12.2 Å². The van der Waals surface area contributed by atoms with E-state index in [1.165, 1.54) is 7.11 Å². The van der Waals surface area contributed by atoms with Gasteiger partial charge in [0, 0.05) is 18.0 Å². The molecule has 1 aliphatic carbocycles. The second-order valence-electron chi connectivity index (χ2n) is 9.62. The van der Waals surface area contributed by atoms with Crippen LogP contribution in [0.25, 0.3) is 0 Å². The van der Waals surface area contributed by atoms with Crippen molar-refractivity contribution in [2.24, 2.45) is 0 Å². The van der Waals surface area contributed by atoms with Gasteiger partial charge in [-0.2, -0.15) is 0 Å². The molecule has 1 heterocycles. The lowest BCUT2D eigenvalue weighted by molar-refractivity contribution is -0.151. The van der Waals surface area contributed by atoms with Gasteiger partial charge in [0.15, 0.2) is 19.8 Å². The maximum absolute atomic E-state index is 13.5. The highest BCUT2D eigenvalue weighted by Crippen LogP contribution is 2.48. The van der Waals surface area contributed by atoms with Crippen LogP contribution in [-0.4, -0.2) is 54.3 Å². The molecule has 1 aromatic rings. The molecule has 0 aromatic heterocycles. The molecule has 9 heteroatoms. The van der Waals surface area contributed by atoms with Gasteiger partial charge in [-0.15, -0.1) is 0 Å². The van der Waals surface area contributed by atoms with Crippen molar-refractivity contribution < 1.29 is 32.9 Å². The Morgan fingerprint density at radius 2 is 1.91 bits per heavy atom. The molecule has 0 N–H and O–H groups in total. The molecule has 0 saturated carbocycles. The number of ether oxygens (including phenoxy) is 5. The van der Waals surface area contributed by atoms with Crippen molar-refractivity contribution in [3.05, 3.63) is 34.3 Å². The minimum Gasteiger partial charge on any atom is -0.468 e. The molecule has 3 atom stereocenters. The Bertz CT molecular complexity index is 880. The van der Waals surface area contributed by atoms with Gasteiger partial charge in [0.2, 0.25) is 6.79 Å². The van der Waals surface area contributed by atoms with E-state index in [-0.39, 0.29) is 24.7 Å². The van der Waals surface area contributed by atoms with E-state index in [2.05, 4.69) is 49.8 Å². The van der Waals surface area contributed by atoms with Crippen LogP contribution in [0.5, 0.6) is 11.5 Å². The Morgan fingerprint density at radius 1 is 1.22 bits per heavy atom. The van der Waals surface area contributed by atoms with E-state index >= 15 is 0 Å². The van der Waals surface area contributed by atoms with Crippen LogP contribution in [0.2, 0.25) is 18.1 Å². The minimum absolute atomic E-state index is 0.0506. The summed E-state index contributed by atoms with van der Waals surface area (Å²) < 4.78 is 35.1. The number of methoxy groups -OCH3 is 2. The van der Waals surface area contributed by atoms with Gasteiger partial charge < -0.3 is 28.1 Å². The van der Waals surface area contributed by atoms with E-state index in [0.29, 0.717) is 17.9 Å². The molecule has 0 unspecified atom stereocenters. The fourth-order valence-electron chi connectivity index (χ4n) is 3.77. The smallest absolute Gasteiger partial charge is 0.322 e. The van der Waals surface area contributed by atoms with Crippen molar-refractivity contribution >= 4 is 30.2 Å². The second-order valence-corrected chi connectivity index (χ2v) is 15.3. The predicted octanol–water partition coefficient (Wildman–Crippen LogP) is 4.89. The van der Waals surface area contributed by atoms with E-state index in [9.17, 15) is 4.79 Å². The Kier molecular flexibility index (Phi) is 7.46. The fourth-order valence-corrected chi connectivity index (χ4v) is 5.79. The van der Waals surface area contributed by atoms with Crippen LogP contribution in [0, 0.1) is 0 Å². The van der Waals surface area contributed by atoms with Gasteiger partial charge in [-0.25, -0.2) is 0 Å². The molecule has 178 valence electrons. The fraction of sp³-hybridized carbons (Fsp3) is 0.609. The van der Waals surface area contributed by atoms with Crippen LogP contribution >= 0.6 is 15.9 Å². The number of benzene rings is 1. The van der Waals surface area contributed by atoms with E-state index in [1.807, 2.05) is 24.3 Å². The highest BCUT2D eigenvalue weighted by molar-refractivity contribution is 9.11. The quantitative estimate of drug-likeness (QED) is 0.283. The first-order valence-corrected chi connectivity index (χ1v) is 14.3. The Morgan fingerprint density at radius 3 is 2.53 bits per heavy atom. The van der Waals surface area contributed by atoms with E-state index < -0.39 is 25.8 Å². The van der Waals surface area contributed by atoms with Crippen molar-refractivity contribution in [3.63, 3.8) is 0 Å². The normalized spacial score (nSPS) is 25.4. The van der Waals surface area contributed by atoms with Crippen molar-refractivity contribution in [2.75, 3.05) is 27.8 Å². The molecule has 1 aromatic carbocycles. The first-order valence-electron chi connectivity index (χ1n) is 10.6. The highest BCUT2D eigenvalue weighted by Gasteiger charge is 2.55. The summed E-state index contributed by atoms with van der Waals surface area (Å²) >= 11 is 3.64.